The van der Waals surface area contributed by atoms with E-state index in [1.165, 1.54) is 35.0 Å². The van der Waals surface area contributed by atoms with Gasteiger partial charge in [0, 0.05) is 11.8 Å². The first-order valence-corrected chi connectivity index (χ1v) is 7.89. The van der Waals surface area contributed by atoms with Gasteiger partial charge >= 0.3 is 5.69 Å². The highest BCUT2D eigenvalue weighted by atomic mass is 19.1. The average molecular weight is 347 g/mol. The van der Waals surface area contributed by atoms with Crippen molar-refractivity contribution in [1.29, 1.82) is 0 Å². The number of fused-ring (bicyclic) bond motifs is 1. The molecule has 0 amide bonds. The van der Waals surface area contributed by atoms with E-state index in [-0.39, 0.29) is 18.4 Å². The van der Waals surface area contributed by atoms with Crippen LogP contribution in [0.25, 0.3) is 16.9 Å². The molecule has 130 valence electrons. The summed E-state index contributed by atoms with van der Waals surface area (Å²) in [5.74, 6) is -1.05. The largest absolute Gasteiger partial charge is 0.394 e. The van der Waals surface area contributed by atoms with E-state index >= 15 is 0 Å². The molecule has 3 heterocycles. The Morgan fingerprint density at radius 1 is 1.20 bits per heavy atom. The molecule has 8 heteroatoms. The van der Waals surface area contributed by atoms with Crippen molar-refractivity contribution in [3.63, 3.8) is 0 Å². The van der Waals surface area contributed by atoms with Crippen molar-refractivity contribution < 1.29 is 18.6 Å². The van der Waals surface area contributed by atoms with Crippen LogP contribution in [0.15, 0.2) is 41.5 Å². The highest BCUT2D eigenvalue weighted by Crippen LogP contribution is 2.27. The molecule has 0 bridgehead atoms. The molecule has 2 aromatic heterocycles. The number of imidazole rings is 1. The molecule has 0 radical (unpaired) electrons. The summed E-state index contributed by atoms with van der Waals surface area (Å²) in [4.78, 5) is 16.8. The summed E-state index contributed by atoms with van der Waals surface area (Å²) in [7, 11) is 0. The summed E-state index contributed by atoms with van der Waals surface area (Å²) in [6.07, 6.45) is 2.62. The zero-order chi connectivity index (χ0) is 17.6. The number of nitrogens with zero attached hydrogens (tertiary/aromatic N) is 3. The van der Waals surface area contributed by atoms with E-state index in [9.17, 15) is 13.6 Å². The number of aromatic nitrogens is 3. The van der Waals surface area contributed by atoms with Crippen LogP contribution >= 0.6 is 0 Å². The second-order valence-corrected chi connectivity index (χ2v) is 5.97. The number of halogens is 2. The summed E-state index contributed by atoms with van der Waals surface area (Å²) in [6, 6.07) is 5.57. The molecule has 6 nitrogen and oxygen atoms in total. The lowest BCUT2D eigenvalue weighted by Crippen LogP contribution is -2.30. The number of aliphatic hydroxyl groups excluding tert-OH is 1. The zero-order valence-electron chi connectivity index (χ0n) is 13.1. The predicted octanol–water partition coefficient (Wildman–Crippen LogP) is 2.11. The Balaban J connectivity index is 1.80. The zero-order valence-corrected chi connectivity index (χ0v) is 13.1. The lowest BCUT2D eigenvalue weighted by molar-refractivity contribution is -0.0251. The van der Waals surface area contributed by atoms with E-state index in [0.29, 0.717) is 24.1 Å². The van der Waals surface area contributed by atoms with E-state index in [1.54, 1.807) is 0 Å². The molecule has 2 atom stereocenters. The third-order valence-corrected chi connectivity index (χ3v) is 4.34. The Labute approximate surface area is 140 Å². The first kappa shape index (κ1) is 15.9. The lowest BCUT2D eigenvalue weighted by Gasteiger charge is -2.15. The van der Waals surface area contributed by atoms with Gasteiger partial charge in [0.2, 0.25) is 0 Å². The van der Waals surface area contributed by atoms with Crippen molar-refractivity contribution in [2.75, 3.05) is 6.61 Å². The van der Waals surface area contributed by atoms with Crippen LogP contribution in [0.4, 0.5) is 8.78 Å². The minimum Gasteiger partial charge on any atom is -0.394 e. The highest BCUT2D eigenvalue weighted by molar-refractivity contribution is 5.62. The monoisotopic (exact) mass is 347 g/mol. The van der Waals surface area contributed by atoms with E-state index in [1.807, 2.05) is 0 Å². The molecule has 0 spiro atoms. The number of hydrogen-bond donors (Lipinski definition) is 1. The number of ether oxygens (including phenoxy) is 1. The molecule has 1 aliphatic heterocycles. The van der Waals surface area contributed by atoms with Gasteiger partial charge in [0.25, 0.3) is 0 Å². The first-order valence-electron chi connectivity index (χ1n) is 7.89. The van der Waals surface area contributed by atoms with Crippen LogP contribution < -0.4 is 5.69 Å². The van der Waals surface area contributed by atoms with Gasteiger partial charge in [0.15, 0.2) is 11.5 Å². The van der Waals surface area contributed by atoms with Crippen molar-refractivity contribution in [3.05, 3.63) is 58.8 Å². The lowest BCUT2D eigenvalue weighted by atomic mass is 10.2. The minimum atomic E-state index is -0.663. The maximum absolute atomic E-state index is 14.4. The smallest absolute Gasteiger partial charge is 0.336 e. The fraction of sp³-hybridized carbons (Fsp3) is 0.294. The topological polar surface area (TPSA) is 68.8 Å². The van der Waals surface area contributed by atoms with Gasteiger partial charge in [-0.2, -0.15) is 0 Å². The Kier molecular flexibility index (Phi) is 3.85. The number of aliphatic hydroxyl groups is 1. The highest BCUT2D eigenvalue weighted by Gasteiger charge is 2.28. The molecule has 1 aliphatic rings. The van der Waals surface area contributed by atoms with Crippen LogP contribution in [-0.2, 0) is 4.74 Å². The van der Waals surface area contributed by atoms with Crippen LogP contribution in [0.2, 0.25) is 0 Å². The Morgan fingerprint density at radius 2 is 1.96 bits per heavy atom. The molecule has 0 unspecified atom stereocenters. The van der Waals surface area contributed by atoms with Crippen LogP contribution in [0.1, 0.15) is 19.1 Å². The Bertz CT molecular complexity index is 981. The molecule has 1 fully saturated rings. The van der Waals surface area contributed by atoms with Crippen LogP contribution in [-0.4, -0.2) is 31.8 Å². The van der Waals surface area contributed by atoms with Crippen molar-refractivity contribution in [1.82, 2.24) is 14.0 Å². The minimum absolute atomic E-state index is 0.0997. The second-order valence-electron chi connectivity index (χ2n) is 5.97. The van der Waals surface area contributed by atoms with E-state index in [2.05, 4.69) is 4.98 Å². The quantitative estimate of drug-likeness (QED) is 0.788. The van der Waals surface area contributed by atoms with Crippen LogP contribution in [0.3, 0.4) is 0 Å². The molecular weight excluding hydrogens is 332 g/mol. The molecular formula is C17H15F2N3O3. The van der Waals surface area contributed by atoms with Crippen molar-refractivity contribution in [2.45, 2.75) is 25.2 Å². The van der Waals surface area contributed by atoms with Crippen molar-refractivity contribution in [3.8, 4) is 11.3 Å². The van der Waals surface area contributed by atoms with Gasteiger partial charge in [-0.1, -0.05) is 0 Å². The number of rotatable bonds is 3. The van der Waals surface area contributed by atoms with E-state index < -0.39 is 23.6 Å². The Morgan fingerprint density at radius 3 is 2.64 bits per heavy atom. The predicted molar refractivity (Wildman–Crippen MR) is 85.0 cm³/mol. The van der Waals surface area contributed by atoms with Gasteiger partial charge in [-0.3, -0.25) is 4.57 Å². The van der Waals surface area contributed by atoms with Crippen LogP contribution in [0.5, 0.6) is 0 Å². The third-order valence-electron chi connectivity index (χ3n) is 4.34. The molecule has 1 saturated heterocycles. The fourth-order valence-electron chi connectivity index (χ4n) is 3.05. The van der Waals surface area contributed by atoms with Gasteiger partial charge in [0.05, 0.1) is 24.6 Å². The average Bonchev–Trinajstić information content (AvgIpc) is 3.26. The van der Waals surface area contributed by atoms with Crippen molar-refractivity contribution in [2.24, 2.45) is 0 Å². The standard InChI is InChI=1S/C17H15F2N3O3/c18-11-3-1-10(2-4-11)14-8-22-16(20-14)13(19)7-21(17(22)24)15-6-5-12(9-23)25-15/h1-4,7-8,12,15,23H,5-6,9H2/t12-,15+/m0/s1. The molecule has 1 N–H and O–H groups in total. The summed E-state index contributed by atoms with van der Waals surface area (Å²) in [5.41, 5.74) is 0.361. The van der Waals surface area contributed by atoms with Crippen molar-refractivity contribution >= 4 is 5.65 Å². The molecule has 0 saturated carbocycles. The number of hydrogen-bond acceptors (Lipinski definition) is 4. The SMILES string of the molecule is O=c1n([C@H]2CC[C@@H](CO)O2)cc(F)c2nc(-c3ccc(F)cc3)cn12. The fourth-order valence-corrected chi connectivity index (χ4v) is 3.05. The van der Waals surface area contributed by atoms with Gasteiger partial charge in [-0.15, -0.1) is 0 Å². The first-order chi connectivity index (χ1) is 12.1. The third kappa shape index (κ3) is 2.73. The molecule has 1 aromatic carbocycles. The maximum atomic E-state index is 14.4. The Hall–Kier alpha value is -2.58. The summed E-state index contributed by atoms with van der Waals surface area (Å²) < 4.78 is 35.3. The van der Waals surface area contributed by atoms with Gasteiger partial charge in [0.1, 0.15) is 12.0 Å². The molecule has 0 aliphatic carbocycles. The summed E-state index contributed by atoms with van der Waals surface area (Å²) in [6.45, 7) is -0.143. The van der Waals surface area contributed by atoms with Gasteiger partial charge in [-0.25, -0.2) is 23.0 Å². The van der Waals surface area contributed by atoms with Gasteiger partial charge in [-0.05, 0) is 37.1 Å². The second kappa shape index (κ2) is 6.05. The van der Waals surface area contributed by atoms with Crippen LogP contribution in [0, 0.1) is 11.6 Å². The molecule has 3 aromatic rings. The number of benzene rings is 1. The van der Waals surface area contributed by atoms with E-state index in [4.69, 9.17) is 9.84 Å². The maximum Gasteiger partial charge on any atom is 0.336 e. The van der Waals surface area contributed by atoms with Gasteiger partial charge < -0.3 is 9.84 Å². The van der Waals surface area contributed by atoms with E-state index in [0.717, 1.165) is 10.6 Å². The molecule has 4 rings (SSSR count). The summed E-state index contributed by atoms with van der Waals surface area (Å²) >= 11 is 0. The normalized spacial score (nSPS) is 20.4. The molecule has 25 heavy (non-hydrogen) atoms. The summed E-state index contributed by atoms with van der Waals surface area (Å²) in [5, 5.41) is 9.15.